The van der Waals surface area contributed by atoms with Crippen molar-refractivity contribution in [3.05, 3.63) is 40.3 Å². The van der Waals surface area contributed by atoms with Gasteiger partial charge in [-0.25, -0.2) is 9.20 Å². The Morgan fingerprint density at radius 2 is 2.13 bits per heavy atom. The monoisotopic (exact) mass is 329 g/mol. The molecule has 4 rings (SSSR count). The highest BCUT2D eigenvalue weighted by atomic mass is 32.1. The molecule has 0 aliphatic carbocycles. The van der Waals surface area contributed by atoms with E-state index >= 15 is 0 Å². The second-order valence-corrected chi connectivity index (χ2v) is 6.47. The normalized spacial score (nSPS) is 14.7. The zero-order valence-corrected chi connectivity index (χ0v) is 13.2. The van der Waals surface area contributed by atoms with Crippen LogP contribution < -0.4 is 5.56 Å². The molecular formula is C15H15N5O2S. The van der Waals surface area contributed by atoms with Crippen molar-refractivity contribution in [2.75, 3.05) is 13.1 Å². The SMILES string of the molecule is O=C(Cn1ncn2nc(-c3cccs3)cc2c1=O)N1CCCC1. The lowest BCUT2D eigenvalue weighted by Crippen LogP contribution is -2.36. The molecule has 1 fully saturated rings. The van der Waals surface area contributed by atoms with Gasteiger partial charge >= 0.3 is 0 Å². The van der Waals surface area contributed by atoms with Crippen LogP contribution in [0.2, 0.25) is 0 Å². The molecule has 0 atom stereocenters. The molecule has 0 N–H and O–H groups in total. The molecule has 4 heterocycles. The molecule has 23 heavy (non-hydrogen) atoms. The lowest BCUT2D eigenvalue weighted by molar-refractivity contribution is -0.131. The number of rotatable bonds is 3. The van der Waals surface area contributed by atoms with Gasteiger partial charge in [-0.05, 0) is 30.4 Å². The highest BCUT2D eigenvalue weighted by Crippen LogP contribution is 2.23. The van der Waals surface area contributed by atoms with Crippen molar-refractivity contribution >= 4 is 22.8 Å². The molecule has 0 saturated carbocycles. The van der Waals surface area contributed by atoms with Crippen LogP contribution in [-0.2, 0) is 11.3 Å². The number of hydrogen-bond donors (Lipinski definition) is 0. The van der Waals surface area contributed by atoms with E-state index in [0.29, 0.717) is 5.52 Å². The molecule has 0 bridgehead atoms. The van der Waals surface area contributed by atoms with Crippen LogP contribution in [0.3, 0.4) is 0 Å². The van der Waals surface area contributed by atoms with Gasteiger partial charge in [-0.15, -0.1) is 11.3 Å². The van der Waals surface area contributed by atoms with Gasteiger partial charge in [0.05, 0.1) is 4.88 Å². The Morgan fingerprint density at radius 3 is 2.87 bits per heavy atom. The second-order valence-electron chi connectivity index (χ2n) is 5.52. The van der Waals surface area contributed by atoms with Crippen LogP contribution in [0.4, 0.5) is 0 Å². The summed E-state index contributed by atoms with van der Waals surface area (Å²) in [6.45, 7) is 1.52. The van der Waals surface area contributed by atoms with Crippen molar-refractivity contribution in [1.82, 2.24) is 24.3 Å². The van der Waals surface area contributed by atoms with Gasteiger partial charge < -0.3 is 4.90 Å². The van der Waals surface area contributed by atoms with Crippen molar-refractivity contribution in [2.24, 2.45) is 0 Å². The fraction of sp³-hybridized carbons (Fsp3) is 0.333. The molecule has 1 aliphatic rings. The lowest BCUT2D eigenvalue weighted by atomic mass is 10.3. The molecular weight excluding hydrogens is 314 g/mol. The fourth-order valence-electron chi connectivity index (χ4n) is 2.79. The van der Waals surface area contributed by atoms with Crippen LogP contribution in [0, 0.1) is 0 Å². The van der Waals surface area contributed by atoms with Gasteiger partial charge in [-0.2, -0.15) is 10.2 Å². The molecule has 0 spiro atoms. The van der Waals surface area contributed by atoms with Gasteiger partial charge in [0, 0.05) is 13.1 Å². The number of hydrogen-bond acceptors (Lipinski definition) is 5. The second kappa shape index (κ2) is 5.62. The average Bonchev–Trinajstić information content (AvgIpc) is 3.31. The van der Waals surface area contributed by atoms with Crippen LogP contribution in [-0.4, -0.2) is 43.3 Å². The van der Waals surface area contributed by atoms with Crippen LogP contribution in [0.1, 0.15) is 12.8 Å². The number of carbonyl (C=O) groups is 1. The first-order valence-corrected chi connectivity index (χ1v) is 8.37. The number of nitrogens with zero attached hydrogens (tertiary/aromatic N) is 5. The number of thiophene rings is 1. The van der Waals surface area contributed by atoms with Crippen molar-refractivity contribution in [2.45, 2.75) is 19.4 Å². The molecule has 118 valence electrons. The Balaban J connectivity index is 1.67. The maximum absolute atomic E-state index is 12.5. The van der Waals surface area contributed by atoms with Crippen LogP contribution >= 0.6 is 11.3 Å². The maximum atomic E-state index is 12.5. The molecule has 1 aliphatic heterocycles. The van der Waals surface area contributed by atoms with E-state index in [0.717, 1.165) is 36.5 Å². The summed E-state index contributed by atoms with van der Waals surface area (Å²) in [6, 6.07) is 5.64. The molecule has 0 aromatic carbocycles. The third kappa shape index (κ3) is 2.55. The summed E-state index contributed by atoms with van der Waals surface area (Å²) in [5.74, 6) is -0.0561. The van der Waals surface area contributed by atoms with Crippen LogP contribution in [0.25, 0.3) is 16.1 Å². The Morgan fingerprint density at radius 1 is 1.30 bits per heavy atom. The summed E-state index contributed by atoms with van der Waals surface area (Å²) in [5, 5.41) is 10.4. The number of carbonyl (C=O) groups excluding carboxylic acids is 1. The predicted molar refractivity (Wildman–Crippen MR) is 86.4 cm³/mol. The van der Waals surface area contributed by atoms with Crippen molar-refractivity contribution in [3.8, 4) is 10.6 Å². The highest BCUT2D eigenvalue weighted by molar-refractivity contribution is 7.13. The molecule has 8 heteroatoms. The molecule has 3 aromatic rings. The summed E-state index contributed by atoms with van der Waals surface area (Å²) in [6.07, 6.45) is 3.53. The van der Waals surface area contributed by atoms with Gasteiger partial charge in [0.2, 0.25) is 5.91 Å². The van der Waals surface area contributed by atoms with E-state index in [2.05, 4.69) is 10.2 Å². The third-order valence-corrected chi connectivity index (χ3v) is 4.90. The summed E-state index contributed by atoms with van der Waals surface area (Å²) < 4.78 is 2.68. The minimum atomic E-state index is -0.296. The maximum Gasteiger partial charge on any atom is 0.293 e. The van der Waals surface area contributed by atoms with E-state index in [-0.39, 0.29) is 18.0 Å². The Kier molecular flexibility index (Phi) is 3.45. The van der Waals surface area contributed by atoms with E-state index in [4.69, 9.17) is 0 Å². The fourth-order valence-corrected chi connectivity index (χ4v) is 3.47. The number of fused-ring (bicyclic) bond motifs is 1. The van der Waals surface area contributed by atoms with Gasteiger partial charge in [0.1, 0.15) is 24.1 Å². The average molecular weight is 329 g/mol. The third-order valence-electron chi connectivity index (χ3n) is 4.01. The zero-order chi connectivity index (χ0) is 15.8. The Hall–Kier alpha value is -2.48. The number of likely N-dealkylation sites (tertiary alicyclic amines) is 1. The van der Waals surface area contributed by atoms with E-state index in [1.54, 1.807) is 22.3 Å². The van der Waals surface area contributed by atoms with Crippen molar-refractivity contribution in [1.29, 1.82) is 0 Å². The number of aromatic nitrogens is 4. The largest absolute Gasteiger partial charge is 0.341 e. The first-order valence-electron chi connectivity index (χ1n) is 7.49. The quantitative estimate of drug-likeness (QED) is 0.725. The standard InChI is InChI=1S/C15H15N5O2S/c21-14(18-5-1-2-6-18)9-19-15(22)12-8-11(13-4-3-7-23-13)17-20(12)10-16-19/h3-4,7-8,10H,1-2,5-6,9H2. The molecule has 0 unspecified atom stereocenters. The molecule has 1 saturated heterocycles. The van der Waals surface area contributed by atoms with E-state index in [1.165, 1.54) is 15.5 Å². The van der Waals surface area contributed by atoms with E-state index in [9.17, 15) is 9.59 Å². The first kappa shape index (κ1) is 14.1. The Labute approximate surface area is 135 Å². The van der Waals surface area contributed by atoms with Crippen molar-refractivity contribution in [3.63, 3.8) is 0 Å². The lowest BCUT2D eigenvalue weighted by Gasteiger charge is -2.15. The highest BCUT2D eigenvalue weighted by Gasteiger charge is 2.19. The summed E-state index contributed by atoms with van der Waals surface area (Å²) in [7, 11) is 0. The van der Waals surface area contributed by atoms with E-state index in [1.807, 2.05) is 17.5 Å². The minimum absolute atomic E-state index is 0.0190. The van der Waals surface area contributed by atoms with Gasteiger partial charge in [0.15, 0.2) is 0 Å². The summed E-state index contributed by atoms with van der Waals surface area (Å²) >= 11 is 1.56. The summed E-state index contributed by atoms with van der Waals surface area (Å²) in [5.41, 5.74) is 0.871. The topological polar surface area (TPSA) is 72.5 Å². The summed E-state index contributed by atoms with van der Waals surface area (Å²) in [4.78, 5) is 27.5. The predicted octanol–water partition coefficient (Wildman–Crippen LogP) is 1.24. The first-order chi connectivity index (χ1) is 11.2. The van der Waals surface area contributed by atoms with Gasteiger partial charge in [-0.1, -0.05) is 6.07 Å². The van der Waals surface area contributed by atoms with E-state index < -0.39 is 0 Å². The van der Waals surface area contributed by atoms with Crippen LogP contribution in [0.5, 0.6) is 0 Å². The molecule has 3 aromatic heterocycles. The zero-order valence-electron chi connectivity index (χ0n) is 12.4. The van der Waals surface area contributed by atoms with Crippen molar-refractivity contribution < 1.29 is 4.79 Å². The number of amides is 1. The molecule has 1 amide bonds. The molecule has 0 radical (unpaired) electrons. The van der Waals surface area contributed by atoms with Gasteiger partial charge in [0.25, 0.3) is 5.56 Å². The van der Waals surface area contributed by atoms with Crippen LogP contribution in [0.15, 0.2) is 34.7 Å². The smallest absolute Gasteiger partial charge is 0.293 e. The molecule has 7 nitrogen and oxygen atoms in total. The van der Waals surface area contributed by atoms with Gasteiger partial charge in [-0.3, -0.25) is 9.59 Å². The minimum Gasteiger partial charge on any atom is -0.341 e. The Bertz CT molecular complexity index is 906.